The molecule has 4 atom stereocenters. The summed E-state index contributed by atoms with van der Waals surface area (Å²) in [6, 6.07) is 4.20. The first kappa shape index (κ1) is 70.7. The van der Waals surface area contributed by atoms with E-state index in [1.165, 1.54) is 34.6 Å². The van der Waals surface area contributed by atoms with Crippen LogP contribution in [-0.4, -0.2) is 119 Å². The molecule has 0 bridgehead atoms. The van der Waals surface area contributed by atoms with Crippen LogP contribution in [0.5, 0.6) is 5.75 Å². The van der Waals surface area contributed by atoms with Crippen LogP contribution in [0.3, 0.4) is 0 Å². The van der Waals surface area contributed by atoms with Crippen LogP contribution in [-0.2, 0) is 88.0 Å². The number of amides is 3. The Balaban J connectivity index is 1.27. The number of aromatic nitrogens is 5. The van der Waals surface area contributed by atoms with E-state index in [-0.39, 0.29) is 48.0 Å². The number of fused-ring (bicyclic) bond motifs is 4. The van der Waals surface area contributed by atoms with Crippen molar-refractivity contribution >= 4 is 80.7 Å². The van der Waals surface area contributed by atoms with Gasteiger partial charge in [-0.25, -0.2) is 44.3 Å². The molecule has 23 nitrogen and oxygen atoms in total. The van der Waals surface area contributed by atoms with Gasteiger partial charge in [0.25, 0.3) is 11.8 Å². The zero-order valence-electron chi connectivity index (χ0n) is 48.9. The highest BCUT2D eigenvalue weighted by molar-refractivity contribution is 7.92. The van der Waals surface area contributed by atoms with Crippen molar-refractivity contribution < 1.29 is 114 Å². The first-order valence-corrected chi connectivity index (χ1v) is 32.0. The average molecular weight is 1400 g/mol. The number of alkyl halides is 8. The number of aryl methyl sites for hydroxylation is 1. The molecular weight excluding hydrogens is 1350 g/mol. The molecule has 0 spiro atoms. The Kier molecular flexibility index (Phi) is 19.2. The Morgan fingerprint density at radius 1 is 0.925 bits per heavy atom. The normalized spacial score (nSPS) is 16.2. The van der Waals surface area contributed by atoms with E-state index in [0.717, 1.165) is 48.7 Å². The van der Waals surface area contributed by atoms with E-state index in [4.69, 9.17) is 21.2 Å². The Morgan fingerprint density at radius 2 is 1.56 bits per heavy atom. The van der Waals surface area contributed by atoms with Gasteiger partial charge in [-0.1, -0.05) is 37.4 Å². The summed E-state index contributed by atoms with van der Waals surface area (Å²) in [4.78, 5) is 89.4. The number of hydrogen-bond donors (Lipinski definition) is 7. The zero-order chi connectivity index (χ0) is 69.4. The molecule has 0 saturated heterocycles. The van der Waals surface area contributed by atoms with Crippen molar-refractivity contribution in [2.45, 2.75) is 126 Å². The highest BCUT2D eigenvalue weighted by atomic mass is 35.5. The number of pyridine rings is 1. The molecule has 3 heterocycles. The number of phosphoric ester groups is 1. The fourth-order valence-corrected chi connectivity index (χ4v) is 12.4. The summed E-state index contributed by atoms with van der Waals surface area (Å²) in [5.74, 6) is -12.3. The van der Waals surface area contributed by atoms with Crippen LogP contribution in [0, 0.1) is 36.3 Å². The van der Waals surface area contributed by atoms with E-state index in [1.54, 1.807) is 0 Å². The Hall–Kier alpha value is -8.16. The third-order valence-corrected chi connectivity index (χ3v) is 18.7. The maximum atomic E-state index is 15.7. The van der Waals surface area contributed by atoms with Gasteiger partial charge in [-0.3, -0.25) is 38.3 Å². The molecule has 2 aliphatic carbocycles. The van der Waals surface area contributed by atoms with Crippen LogP contribution in [0.2, 0.25) is 5.02 Å². The minimum atomic E-state index is -5.61. The number of phosphoric acid groups is 1. The van der Waals surface area contributed by atoms with Crippen LogP contribution in [0.15, 0.2) is 54.6 Å². The number of benzene rings is 3. The summed E-state index contributed by atoms with van der Waals surface area (Å²) >= 11 is 6.76. The monoisotopic (exact) mass is 1400 g/mol. The van der Waals surface area contributed by atoms with Crippen molar-refractivity contribution in [3.8, 4) is 28.7 Å². The summed E-state index contributed by atoms with van der Waals surface area (Å²) in [6.07, 6.45) is -12.8. The SMILES string of the molecule is Cc1cc(C(=O)N[C@@H](CC(=O)O)C(=O)O)cc(OP(=O)(O)O)c1C(C)(C)CC(=O)N(Cc1nn(CC(F)(F)F)c2c(-c3ccc(C#CC(C)(C)S(C)(=O)=O)nc3[C@H](Cc3cc(F)cc(F)c3)NC(=O)Cn3nc(C(F)(F)F)c4c3C(F)(F)[C@@H]3C[C@H]43)ccc(Cl)c12)[SH](=O)=O. The second kappa shape index (κ2) is 25.3. The lowest BCUT2D eigenvalue weighted by Crippen LogP contribution is -2.42. The van der Waals surface area contributed by atoms with Crippen molar-refractivity contribution in [2.24, 2.45) is 5.92 Å². The van der Waals surface area contributed by atoms with Crippen molar-refractivity contribution in [1.29, 1.82) is 0 Å². The van der Waals surface area contributed by atoms with Gasteiger partial charge >= 0.3 is 32.1 Å². The Bertz CT molecular complexity index is 4400. The number of hydrogen-bond acceptors (Lipinski definition) is 14. The van der Waals surface area contributed by atoms with Crippen molar-refractivity contribution in [3.63, 3.8) is 0 Å². The molecule has 6 aromatic rings. The van der Waals surface area contributed by atoms with Gasteiger partial charge in [-0.15, -0.1) is 0 Å². The van der Waals surface area contributed by atoms with E-state index in [1.807, 2.05) is 5.32 Å². The molecular formula is C56H52ClF10N8O15PS2. The number of carboxylic acids is 2. The first-order valence-electron chi connectivity index (χ1n) is 27.1. The number of rotatable bonds is 22. The van der Waals surface area contributed by atoms with Gasteiger partial charge in [-0.2, -0.15) is 45.3 Å². The molecule has 93 heavy (non-hydrogen) atoms. The highest BCUT2D eigenvalue weighted by Gasteiger charge is 2.68. The number of nitrogens with one attached hydrogen (secondary N) is 2. The van der Waals surface area contributed by atoms with Crippen LogP contribution >= 0.6 is 19.4 Å². The van der Waals surface area contributed by atoms with E-state index < -0.39 is 222 Å². The lowest BCUT2D eigenvalue weighted by Gasteiger charge is -2.30. The zero-order valence-corrected chi connectivity index (χ0v) is 52.2. The average Bonchev–Trinajstić information content (AvgIpc) is 1.52. The molecule has 37 heteroatoms. The summed E-state index contributed by atoms with van der Waals surface area (Å²) in [5, 5.41) is 29.5. The molecule has 3 amide bonds. The molecule has 500 valence electrons. The molecule has 0 aliphatic heterocycles. The van der Waals surface area contributed by atoms with Crippen LogP contribution < -0.4 is 15.2 Å². The molecule has 8 rings (SSSR count). The summed E-state index contributed by atoms with van der Waals surface area (Å²) < 4.78 is 217. The van der Waals surface area contributed by atoms with E-state index in [2.05, 4.69) is 32.3 Å². The standard InChI is InChI=1S/C56H52ClF10N8O15PS2/c1-25-13-27(50(80)70-37(51(81)82)20-42(78)79)17-39(90-91(83,84)85)45(25)52(2,3)21-41(77)75(92(86)87)22-38-44-35(57)10-9-32(47(44)74(71-38)24-54(60,61)62)31-8-7-30(11-12-53(4,5)93(6,88)89)68-46(31)36(16-26-14-28(58)18-29(59)15-26)69-40(76)23-73-49-43(48(72-73)56(65,66)67)33-19-34(33)55(49,63)64/h7-10,13-15,17-18,33-34,36-37,92H,16,19-24H2,1-6H3,(H,69,76)(H,70,80)(H,78,79)(H,81,82)(H2,83,84,85)/t33-,34+,36-,37-/m0/s1. The molecule has 6 N–H and O–H groups in total. The van der Waals surface area contributed by atoms with Gasteiger partial charge in [0.2, 0.25) is 22.7 Å². The second-order valence-corrected chi connectivity index (χ2v) is 28.2. The number of sulfone groups is 1. The molecule has 1 saturated carbocycles. The molecule has 0 unspecified atom stereocenters. The first-order chi connectivity index (χ1) is 42.7. The maximum Gasteiger partial charge on any atom is 0.524 e. The number of nitrogens with zero attached hydrogens (tertiary/aromatic N) is 6. The maximum absolute atomic E-state index is 15.7. The fraction of sp³-hybridized carbons (Fsp3) is 0.393. The van der Waals surface area contributed by atoms with E-state index >= 15 is 8.78 Å². The number of aliphatic carboxylic acids is 2. The minimum absolute atomic E-state index is 0.110. The number of halogens is 11. The largest absolute Gasteiger partial charge is 0.524 e. The van der Waals surface area contributed by atoms with Gasteiger partial charge in [0.15, 0.2) is 15.5 Å². The Labute approximate surface area is 526 Å². The predicted molar refractivity (Wildman–Crippen MR) is 306 cm³/mol. The van der Waals surface area contributed by atoms with Crippen LogP contribution in [0.25, 0.3) is 22.0 Å². The molecule has 1 fully saturated rings. The quantitative estimate of drug-likeness (QED) is 0.0147. The summed E-state index contributed by atoms with van der Waals surface area (Å²) in [5.41, 5.74) is -9.71. The van der Waals surface area contributed by atoms with Gasteiger partial charge in [-0.05, 0) is 99.0 Å². The van der Waals surface area contributed by atoms with Gasteiger partial charge in [0.1, 0.15) is 52.7 Å². The number of thiol groups is 1. The number of carbonyl (C=O) groups excluding carboxylic acids is 3. The Morgan fingerprint density at radius 3 is 2.13 bits per heavy atom. The minimum Gasteiger partial charge on any atom is -0.481 e. The molecule has 3 aromatic carbocycles. The lowest BCUT2D eigenvalue weighted by atomic mass is 9.78. The summed E-state index contributed by atoms with van der Waals surface area (Å²) in [7, 11) is -13.7. The number of carbonyl (C=O) groups is 5. The third kappa shape index (κ3) is 15.6. The van der Waals surface area contributed by atoms with Crippen molar-refractivity contribution in [2.75, 3.05) is 6.26 Å². The lowest BCUT2D eigenvalue weighted by molar-refractivity contribution is -0.145. The van der Waals surface area contributed by atoms with Crippen molar-refractivity contribution in [3.05, 3.63) is 128 Å². The third-order valence-electron chi connectivity index (χ3n) is 15.2. The highest BCUT2D eigenvalue weighted by Crippen LogP contribution is 2.68. The smallest absolute Gasteiger partial charge is 0.481 e. The van der Waals surface area contributed by atoms with Crippen LogP contribution in [0.1, 0.15) is 120 Å². The van der Waals surface area contributed by atoms with Crippen LogP contribution in [0.4, 0.5) is 43.9 Å². The van der Waals surface area contributed by atoms with Gasteiger partial charge < -0.3 is 25.4 Å². The molecule has 2 aliphatic rings. The summed E-state index contributed by atoms with van der Waals surface area (Å²) in [6.45, 7) is 1.48. The van der Waals surface area contributed by atoms with E-state index in [9.17, 15) is 95.4 Å². The van der Waals surface area contributed by atoms with Crippen molar-refractivity contribution in [1.82, 2.24) is 39.5 Å². The topological polar surface area (TPSA) is 337 Å². The molecule has 0 radical (unpaired) electrons. The second-order valence-electron chi connectivity index (χ2n) is 23.1. The number of carboxylic acid groups (broad SMARTS) is 2. The molecule has 3 aromatic heterocycles. The fourth-order valence-electron chi connectivity index (χ4n) is 11.0. The predicted octanol–water partition coefficient (Wildman–Crippen LogP) is 7.95. The van der Waals surface area contributed by atoms with E-state index in [0.29, 0.717) is 12.1 Å². The van der Waals surface area contributed by atoms with Gasteiger partial charge in [0.05, 0.1) is 40.9 Å². The van der Waals surface area contributed by atoms with Gasteiger partial charge in [0, 0.05) is 63.3 Å².